The first-order valence-electron chi connectivity index (χ1n) is 13.8. The third-order valence-corrected chi connectivity index (χ3v) is 7.53. The minimum Gasteiger partial charge on any atom is -0.321 e. The molecule has 1 aliphatic heterocycles. The van der Waals surface area contributed by atoms with Crippen LogP contribution < -0.4 is 21.0 Å². The lowest BCUT2D eigenvalue weighted by molar-refractivity contribution is -0.117. The van der Waals surface area contributed by atoms with Gasteiger partial charge in [-0.25, -0.2) is 0 Å². The molecule has 3 N–H and O–H groups in total. The summed E-state index contributed by atoms with van der Waals surface area (Å²) in [5.74, 6) is -1.07. The molecule has 9 nitrogen and oxygen atoms in total. The van der Waals surface area contributed by atoms with E-state index in [1.165, 1.54) is 16.8 Å². The molecule has 0 radical (unpaired) electrons. The van der Waals surface area contributed by atoms with Gasteiger partial charge in [0.25, 0.3) is 17.7 Å². The lowest BCUT2D eigenvalue weighted by Gasteiger charge is -2.13. The smallest absolute Gasteiger partial charge is 0.272 e. The molecule has 220 valence electrons. The highest BCUT2D eigenvalue weighted by molar-refractivity contribution is 8.00. The summed E-state index contributed by atoms with van der Waals surface area (Å²) < 4.78 is 0. The average Bonchev–Trinajstić information content (AvgIpc) is 3.41. The molecule has 0 saturated carbocycles. The molecule has 1 aliphatic rings. The number of hydrogen-bond acceptors (Lipinski definition) is 6. The summed E-state index contributed by atoms with van der Waals surface area (Å²) in [6.45, 7) is 1.92. The molecule has 4 aromatic rings. The summed E-state index contributed by atoms with van der Waals surface area (Å²) >= 11 is 1.27. The van der Waals surface area contributed by atoms with Crippen molar-refractivity contribution < 1.29 is 19.2 Å². The molecule has 5 rings (SSSR count). The van der Waals surface area contributed by atoms with E-state index < -0.39 is 11.8 Å². The number of rotatable bonds is 9. The van der Waals surface area contributed by atoms with Gasteiger partial charge in [-0.1, -0.05) is 66.7 Å². The highest BCUT2D eigenvalue weighted by Crippen LogP contribution is 2.23. The van der Waals surface area contributed by atoms with Crippen LogP contribution in [0.4, 0.5) is 11.4 Å². The third kappa shape index (κ3) is 7.87. The van der Waals surface area contributed by atoms with Crippen LogP contribution in [0, 0.1) is 6.92 Å². The van der Waals surface area contributed by atoms with Crippen molar-refractivity contribution >= 4 is 58.7 Å². The highest BCUT2D eigenvalue weighted by atomic mass is 32.2. The van der Waals surface area contributed by atoms with E-state index in [1.807, 2.05) is 61.5 Å². The van der Waals surface area contributed by atoms with Crippen LogP contribution in [0.15, 0.2) is 125 Å². The van der Waals surface area contributed by atoms with E-state index in [1.54, 1.807) is 60.7 Å². The Kier molecular flexibility index (Phi) is 9.63. The van der Waals surface area contributed by atoms with E-state index in [0.29, 0.717) is 16.9 Å². The van der Waals surface area contributed by atoms with Crippen LogP contribution in [0.5, 0.6) is 0 Å². The molecule has 0 fully saturated rings. The second-order valence-corrected chi connectivity index (χ2v) is 10.9. The number of amides is 4. The fourth-order valence-electron chi connectivity index (χ4n) is 4.32. The predicted molar refractivity (Wildman–Crippen MR) is 173 cm³/mol. The summed E-state index contributed by atoms with van der Waals surface area (Å²) in [6.07, 6.45) is 1.65. The normalized spacial score (nSPS) is 12.8. The molecular weight excluding hydrogens is 574 g/mol. The Bertz CT molecular complexity index is 1760. The van der Waals surface area contributed by atoms with Gasteiger partial charge in [0.1, 0.15) is 11.5 Å². The first kappa shape index (κ1) is 30.0. The number of nitrogens with zero attached hydrogens (tertiary/aromatic N) is 2. The zero-order valence-corrected chi connectivity index (χ0v) is 24.6. The van der Waals surface area contributed by atoms with E-state index in [0.717, 1.165) is 16.0 Å². The number of carbonyl (C=O) groups is 4. The summed E-state index contributed by atoms with van der Waals surface area (Å²) in [5.41, 5.74) is 3.38. The zero-order valence-electron chi connectivity index (χ0n) is 23.8. The Morgan fingerprint density at radius 3 is 2.32 bits per heavy atom. The van der Waals surface area contributed by atoms with Crippen molar-refractivity contribution in [1.29, 1.82) is 0 Å². The zero-order chi connectivity index (χ0) is 30.9. The number of carbonyl (C=O) groups excluding carboxylic acids is 4. The maximum atomic E-state index is 13.4. The Morgan fingerprint density at radius 1 is 0.864 bits per heavy atom. The number of hydrazone groups is 1. The van der Waals surface area contributed by atoms with Gasteiger partial charge in [0.2, 0.25) is 5.91 Å². The lowest BCUT2D eigenvalue weighted by atomic mass is 10.1. The largest absolute Gasteiger partial charge is 0.321 e. The molecule has 0 aromatic heterocycles. The van der Waals surface area contributed by atoms with Crippen molar-refractivity contribution in [2.45, 2.75) is 18.2 Å². The fraction of sp³-hybridized carbons (Fsp3) is 0.0882. The molecule has 1 heterocycles. The van der Waals surface area contributed by atoms with Gasteiger partial charge < -0.3 is 16.0 Å². The van der Waals surface area contributed by atoms with E-state index in [-0.39, 0.29) is 35.5 Å². The summed E-state index contributed by atoms with van der Waals surface area (Å²) in [7, 11) is 0. The average molecular weight is 604 g/mol. The quantitative estimate of drug-likeness (QED) is 0.176. The van der Waals surface area contributed by atoms with Crippen LogP contribution in [0.2, 0.25) is 0 Å². The Labute approximate surface area is 259 Å². The van der Waals surface area contributed by atoms with Gasteiger partial charge in [0.05, 0.1) is 17.9 Å². The standard InChI is InChI=1S/C34H29N5O4S/c1-23-11-8-9-14-25(23)19-29(36-33(42)24-12-4-2-5-13-24)34(43)35-26-15-10-18-28(20-26)44-22-31(40)37-30-21-32(41)39(38-30)27-16-6-3-7-17-27/h2-20H,21-22H2,1H3,(H,35,43)(H,36,42)(H,37,38,40)/b29-19-. The molecule has 10 heteroatoms. The molecule has 4 aromatic carbocycles. The van der Waals surface area contributed by atoms with Crippen LogP contribution in [-0.2, 0) is 14.4 Å². The molecule has 0 aliphatic carbocycles. The molecular formula is C34H29N5O4S. The van der Waals surface area contributed by atoms with Gasteiger partial charge >= 0.3 is 0 Å². The van der Waals surface area contributed by atoms with Crippen molar-refractivity contribution in [2.75, 3.05) is 16.1 Å². The molecule has 0 spiro atoms. The second kappa shape index (κ2) is 14.1. The van der Waals surface area contributed by atoms with Gasteiger partial charge in [0.15, 0.2) is 0 Å². The number of benzene rings is 4. The number of aryl methyl sites for hydroxylation is 1. The Balaban J connectivity index is 1.23. The summed E-state index contributed by atoms with van der Waals surface area (Å²) in [5, 5.41) is 13.8. The first-order valence-corrected chi connectivity index (χ1v) is 14.8. The Morgan fingerprint density at radius 2 is 1.57 bits per heavy atom. The fourth-order valence-corrected chi connectivity index (χ4v) is 5.08. The lowest BCUT2D eigenvalue weighted by Crippen LogP contribution is -2.31. The minimum absolute atomic E-state index is 0.00594. The molecule has 0 atom stereocenters. The minimum atomic E-state index is -0.496. The maximum Gasteiger partial charge on any atom is 0.272 e. The maximum absolute atomic E-state index is 13.4. The Hall–Kier alpha value is -5.48. The van der Waals surface area contributed by atoms with Crippen molar-refractivity contribution in [3.05, 3.63) is 132 Å². The third-order valence-electron chi connectivity index (χ3n) is 6.54. The van der Waals surface area contributed by atoms with Crippen molar-refractivity contribution in [3.8, 4) is 0 Å². The van der Waals surface area contributed by atoms with Crippen LogP contribution >= 0.6 is 11.8 Å². The number of hydrogen-bond donors (Lipinski definition) is 3. The van der Waals surface area contributed by atoms with Crippen LogP contribution in [0.3, 0.4) is 0 Å². The number of amidine groups is 1. The topological polar surface area (TPSA) is 120 Å². The van der Waals surface area contributed by atoms with E-state index in [4.69, 9.17) is 0 Å². The molecule has 0 unspecified atom stereocenters. The van der Waals surface area contributed by atoms with Crippen LogP contribution in [0.1, 0.15) is 27.9 Å². The van der Waals surface area contributed by atoms with Crippen molar-refractivity contribution in [1.82, 2.24) is 10.6 Å². The number of thioether (sulfide) groups is 1. The van der Waals surface area contributed by atoms with E-state index in [2.05, 4.69) is 21.1 Å². The second-order valence-electron chi connectivity index (χ2n) is 9.82. The number of anilines is 2. The van der Waals surface area contributed by atoms with Gasteiger partial charge in [-0.15, -0.1) is 11.8 Å². The van der Waals surface area contributed by atoms with Gasteiger partial charge in [0, 0.05) is 16.1 Å². The first-order chi connectivity index (χ1) is 21.4. The predicted octanol–water partition coefficient (Wildman–Crippen LogP) is 5.36. The molecule has 44 heavy (non-hydrogen) atoms. The van der Waals surface area contributed by atoms with Crippen molar-refractivity contribution in [2.24, 2.45) is 5.10 Å². The molecule has 0 bridgehead atoms. The summed E-state index contributed by atoms with van der Waals surface area (Å²) in [4.78, 5) is 52.1. The van der Waals surface area contributed by atoms with Gasteiger partial charge in [-0.05, 0) is 66.6 Å². The molecule has 4 amide bonds. The monoisotopic (exact) mass is 603 g/mol. The SMILES string of the molecule is Cc1ccccc1/C=C(\NC(=O)c1ccccc1)C(=O)Nc1cccc(SCC(=O)NC2=NN(c3ccccc3)C(=O)C2)c1. The highest BCUT2D eigenvalue weighted by Gasteiger charge is 2.26. The van der Waals surface area contributed by atoms with Crippen LogP contribution in [0.25, 0.3) is 6.08 Å². The van der Waals surface area contributed by atoms with E-state index in [9.17, 15) is 19.2 Å². The van der Waals surface area contributed by atoms with E-state index >= 15 is 0 Å². The molecule has 0 saturated heterocycles. The van der Waals surface area contributed by atoms with Crippen LogP contribution in [-0.4, -0.2) is 35.2 Å². The van der Waals surface area contributed by atoms with Gasteiger partial charge in [-0.3, -0.25) is 19.2 Å². The van der Waals surface area contributed by atoms with Gasteiger partial charge in [-0.2, -0.15) is 10.1 Å². The van der Waals surface area contributed by atoms with Crippen molar-refractivity contribution in [3.63, 3.8) is 0 Å². The number of para-hydroxylation sites is 1. The summed E-state index contributed by atoms with van der Waals surface area (Å²) in [6, 6.07) is 32.3. The number of nitrogens with one attached hydrogen (secondary N) is 3.